The summed E-state index contributed by atoms with van der Waals surface area (Å²) >= 11 is 0. The molecule has 0 aliphatic rings. The normalized spacial score (nSPS) is 10.3. The fraction of sp³-hybridized carbons (Fsp3) is 0.235. The average Bonchev–Trinajstić information content (AvgIpc) is 2.48. The molecule has 1 amide bonds. The first-order chi connectivity index (χ1) is 9.65. The van der Waals surface area contributed by atoms with Gasteiger partial charge in [-0.15, -0.1) is 0 Å². The maximum absolute atomic E-state index is 11.9. The summed E-state index contributed by atoms with van der Waals surface area (Å²) in [5.74, 6) is 0.382. The van der Waals surface area contributed by atoms with Gasteiger partial charge in [0.05, 0.1) is 0 Å². The molecule has 0 N–H and O–H groups in total. The number of nitrogens with zero attached hydrogens (tertiary/aromatic N) is 1. The monoisotopic (exact) mass is 269 g/mol. The lowest BCUT2D eigenvalue weighted by molar-refractivity contribution is 0.148. The summed E-state index contributed by atoms with van der Waals surface area (Å²) < 4.78 is 5.32. The third kappa shape index (κ3) is 2.99. The first-order valence-electron chi connectivity index (χ1n) is 6.80. The number of hydrogen-bond acceptors (Lipinski definition) is 2. The molecule has 0 atom stereocenters. The number of carbonyl (C=O) groups is 1. The molecule has 0 radical (unpaired) electrons. The molecule has 0 spiro atoms. The van der Waals surface area contributed by atoms with Crippen molar-refractivity contribution in [1.82, 2.24) is 4.90 Å². The largest absolute Gasteiger partial charge is 0.415 e. The fourth-order valence-corrected chi connectivity index (χ4v) is 2.07. The minimum Gasteiger partial charge on any atom is -0.410 e. The minimum absolute atomic E-state index is 0.354. The quantitative estimate of drug-likeness (QED) is 0.775. The number of fused-ring (bicyclic) bond motifs is 1. The van der Waals surface area contributed by atoms with Gasteiger partial charge in [-0.2, -0.15) is 0 Å². The van der Waals surface area contributed by atoms with Crippen molar-refractivity contribution in [3.8, 4) is 0 Å². The van der Waals surface area contributed by atoms with Crippen LogP contribution in [0.3, 0.4) is 0 Å². The predicted molar refractivity (Wildman–Crippen MR) is 82.4 cm³/mol. The maximum Gasteiger partial charge on any atom is 0.415 e. The lowest BCUT2D eigenvalue weighted by atomic mass is 10.1. The highest BCUT2D eigenvalue weighted by molar-refractivity contribution is 5.86. The van der Waals surface area contributed by atoms with Gasteiger partial charge < -0.3 is 9.64 Å². The molecule has 0 bridgehead atoms. The van der Waals surface area contributed by atoms with E-state index in [2.05, 4.69) is 6.58 Å². The Bertz CT molecular complexity index is 630. The van der Waals surface area contributed by atoms with Crippen molar-refractivity contribution in [1.29, 1.82) is 0 Å². The number of hydrogen-bond donors (Lipinski definition) is 0. The number of ether oxygens (including phenoxy) is 1. The zero-order chi connectivity index (χ0) is 14.5. The molecule has 0 fully saturated rings. The maximum atomic E-state index is 11.9. The summed E-state index contributed by atoms with van der Waals surface area (Å²) in [5.41, 5.74) is 0.823. The van der Waals surface area contributed by atoms with Gasteiger partial charge in [-0.05, 0) is 30.7 Å². The van der Waals surface area contributed by atoms with Gasteiger partial charge in [-0.1, -0.05) is 43.0 Å². The molecule has 2 rings (SSSR count). The summed E-state index contributed by atoms with van der Waals surface area (Å²) in [6, 6.07) is 13.9. The van der Waals surface area contributed by atoms with Gasteiger partial charge >= 0.3 is 6.09 Å². The molecule has 20 heavy (non-hydrogen) atoms. The van der Waals surface area contributed by atoms with Crippen molar-refractivity contribution >= 4 is 22.6 Å². The predicted octanol–water partition coefficient (Wildman–Crippen LogP) is 4.29. The molecule has 0 saturated carbocycles. The molecule has 0 aliphatic heterocycles. The molecule has 2 aromatic rings. The Morgan fingerprint density at radius 3 is 2.40 bits per heavy atom. The summed E-state index contributed by atoms with van der Waals surface area (Å²) in [6.07, 6.45) is -0.354. The average molecular weight is 269 g/mol. The molecule has 3 nitrogen and oxygen atoms in total. The van der Waals surface area contributed by atoms with E-state index in [-0.39, 0.29) is 6.09 Å². The van der Waals surface area contributed by atoms with Crippen LogP contribution in [0.15, 0.2) is 49.0 Å². The molecule has 104 valence electrons. The van der Waals surface area contributed by atoms with Gasteiger partial charge in [0.25, 0.3) is 0 Å². The Morgan fingerprint density at radius 2 is 1.75 bits per heavy atom. The lowest BCUT2D eigenvalue weighted by Crippen LogP contribution is -2.30. The third-order valence-electron chi connectivity index (χ3n) is 3.30. The molecule has 3 heteroatoms. The highest BCUT2D eigenvalue weighted by Crippen LogP contribution is 2.21. The number of rotatable bonds is 4. The Labute approximate surface area is 119 Å². The van der Waals surface area contributed by atoms with Crippen LogP contribution in [-0.2, 0) is 4.74 Å². The van der Waals surface area contributed by atoms with E-state index in [1.807, 2.05) is 56.3 Å². The SMILES string of the molecule is C=C(OC(=O)N(CC)CC)c1ccc2ccccc2c1. The Morgan fingerprint density at radius 1 is 1.10 bits per heavy atom. The van der Waals surface area contributed by atoms with Crippen molar-refractivity contribution < 1.29 is 9.53 Å². The molecule has 0 saturated heterocycles. The van der Waals surface area contributed by atoms with Gasteiger partial charge in [-0.3, -0.25) is 0 Å². The second-order valence-corrected chi connectivity index (χ2v) is 4.53. The van der Waals surface area contributed by atoms with Crippen molar-refractivity contribution in [3.05, 3.63) is 54.6 Å². The standard InChI is InChI=1S/C17H19NO2/c1-4-18(5-2)17(19)20-13(3)15-11-10-14-8-6-7-9-16(14)12-15/h6-12H,3-5H2,1-2H3. The Balaban J connectivity index is 2.17. The first kappa shape index (κ1) is 14.1. The van der Waals surface area contributed by atoms with E-state index in [4.69, 9.17) is 4.74 Å². The van der Waals surface area contributed by atoms with E-state index in [0.717, 1.165) is 16.3 Å². The second kappa shape index (κ2) is 6.24. The van der Waals surface area contributed by atoms with Crippen LogP contribution >= 0.6 is 0 Å². The van der Waals surface area contributed by atoms with E-state index >= 15 is 0 Å². The van der Waals surface area contributed by atoms with Crippen LogP contribution in [0.5, 0.6) is 0 Å². The molecule has 0 aliphatic carbocycles. The number of benzene rings is 2. The highest BCUT2D eigenvalue weighted by atomic mass is 16.6. The molecule has 0 aromatic heterocycles. The van der Waals surface area contributed by atoms with E-state index in [9.17, 15) is 4.79 Å². The highest BCUT2D eigenvalue weighted by Gasteiger charge is 2.13. The molecule has 2 aromatic carbocycles. The van der Waals surface area contributed by atoms with Crippen LogP contribution in [0, 0.1) is 0 Å². The van der Waals surface area contributed by atoms with Gasteiger partial charge in [0.2, 0.25) is 0 Å². The van der Waals surface area contributed by atoms with Gasteiger partial charge in [-0.25, -0.2) is 4.79 Å². The van der Waals surface area contributed by atoms with E-state index < -0.39 is 0 Å². The van der Waals surface area contributed by atoms with E-state index in [1.54, 1.807) is 4.90 Å². The smallest absolute Gasteiger partial charge is 0.410 e. The summed E-state index contributed by atoms with van der Waals surface area (Å²) in [6.45, 7) is 8.94. The number of carbonyl (C=O) groups excluding carboxylic acids is 1. The summed E-state index contributed by atoms with van der Waals surface area (Å²) in [5, 5.41) is 2.25. The Kier molecular flexibility index (Phi) is 4.41. The van der Waals surface area contributed by atoms with Crippen LogP contribution < -0.4 is 0 Å². The van der Waals surface area contributed by atoms with Crippen molar-refractivity contribution in [3.63, 3.8) is 0 Å². The summed E-state index contributed by atoms with van der Waals surface area (Å²) in [7, 11) is 0. The first-order valence-corrected chi connectivity index (χ1v) is 6.80. The molecular formula is C17H19NO2. The molecule has 0 heterocycles. The third-order valence-corrected chi connectivity index (χ3v) is 3.30. The van der Waals surface area contributed by atoms with Crippen LogP contribution in [0.2, 0.25) is 0 Å². The van der Waals surface area contributed by atoms with E-state index in [0.29, 0.717) is 18.8 Å². The molecule has 0 unspecified atom stereocenters. The van der Waals surface area contributed by atoms with E-state index in [1.165, 1.54) is 0 Å². The second-order valence-electron chi connectivity index (χ2n) is 4.53. The van der Waals surface area contributed by atoms with Gasteiger partial charge in [0.15, 0.2) is 0 Å². The topological polar surface area (TPSA) is 29.5 Å². The fourth-order valence-electron chi connectivity index (χ4n) is 2.07. The lowest BCUT2D eigenvalue weighted by Gasteiger charge is -2.18. The summed E-state index contributed by atoms with van der Waals surface area (Å²) in [4.78, 5) is 13.5. The van der Waals surface area contributed by atoms with Crippen molar-refractivity contribution in [2.45, 2.75) is 13.8 Å². The van der Waals surface area contributed by atoms with Crippen molar-refractivity contribution in [2.75, 3.05) is 13.1 Å². The van der Waals surface area contributed by atoms with Crippen LogP contribution in [-0.4, -0.2) is 24.1 Å². The van der Waals surface area contributed by atoms with Gasteiger partial charge in [0, 0.05) is 18.7 Å². The van der Waals surface area contributed by atoms with Gasteiger partial charge in [0.1, 0.15) is 5.76 Å². The van der Waals surface area contributed by atoms with Crippen LogP contribution in [0.1, 0.15) is 19.4 Å². The zero-order valence-electron chi connectivity index (χ0n) is 11.9. The molecular weight excluding hydrogens is 250 g/mol. The zero-order valence-corrected chi connectivity index (χ0v) is 11.9. The Hall–Kier alpha value is -2.29. The minimum atomic E-state index is -0.354. The van der Waals surface area contributed by atoms with Crippen LogP contribution in [0.25, 0.3) is 16.5 Å². The van der Waals surface area contributed by atoms with Crippen LogP contribution in [0.4, 0.5) is 4.79 Å². The van der Waals surface area contributed by atoms with Crippen molar-refractivity contribution in [2.24, 2.45) is 0 Å². The number of amides is 1.